The van der Waals surface area contributed by atoms with Gasteiger partial charge >= 0.3 is 0 Å². The molecule has 0 aromatic carbocycles. The van der Waals surface area contributed by atoms with Crippen LogP contribution in [0.1, 0.15) is 58.3 Å². The third-order valence-electron chi connectivity index (χ3n) is 2.72. The van der Waals surface area contributed by atoms with Crippen LogP contribution in [0.25, 0.3) is 0 Å². The van der Waals surface area contributed by atoms with Crippen molar-refractivity contribution in [3.05, 3.63) is 0 Å². The van der Waals surface area contributed by atoms with Gasteiger partial charge in [0.25, 0.3) is 0 Å². The number of nitrogens with two attached hydrogens (primary N) is 1. The van der Waals surface area contributed by atoms with Gasteiger partial charge in [-0.2, -0.15) is 0 Å². The molecule has 0 fully saturated rings. The average Bonchev–Trinajstić information content (AvgIpc) is 2.31. The van der Waals surface area contributed by atoms with Gasteiger partial charge in [0, 0.05) is 13.2 Å². The molecule has 4 heteroatoms. The molecule has 0 saturated heterocycles. The fourth-order valence-corrected chi connectivity index (χ4v) is 1.63. The fraction of sp³-hybridized carbons (Fsp3) is 1.00. The molecule has 3 N–H and O–H groups in total. The van der Waals surface area contributed by atoms with Crippen molar-refractivity contribution in [1.82, 2.24) is 0 Å². The Morgan fingerprint density at radius 2 is 1.53 bits per heavy atom. The number of ether oxygens (including phenoxy) is 1. The maximum absolute atomic E-state index is 9.13. The first kappa shape index (κ1) is 19.5. The van der Waals surface area contributed by atoms with Gasteiger partial charge in [-0.1, -0.05) is 51.9 Å². The third-order valence-corrected chi connectivity index (χ3v) is 2.72. The standard InChI is InChI=1S/C13H29NO2.ClH/c1-2-3-4-5-6-7-8-9-10-16-12-13(15)11-14;/h13,15H,2-12,14H2,1H3;1H/t13-;/m1./s1. The van der Waals surface area contributed by atoms with E-state index >= 15 is 0 Å². The molecule has 3 nitrogen and oxygen atoms in total. The van der Waals surface area contributed by atoms with E-state index in [9.17, 15) is 0 Å². The number of rotatable bonds is 12. The molecule has 0 aromatic heterocycles. The first-order valence-corrected chi connectivity index (χ1v) is 6.77. The van der Waals surface area contributed by atoms with Gasteiger partial charge in [0.2, 0.25) is 0 Å². The second kappa shape index (κ2) is 16.2. The molecule has 0 aromatic rings. The van der Waals surface area contributed by atoms with Crippen molar-refractivity contribution >= 4 is 12.4 Å². The van der Waals surface area contributed by atoms with Crippen LogP contribution in [0.15, 0.2) is 0 Å². The van der Waals surface area contributed by atoms with Crippen LogP contribution in [0.2, 0.25) is 0 Å². The van der Waals surface area contributed by atoms with E-state index in [0.717, 1.165) is 13.0 Å². The highest BCUT2D eigenvalue weighted by atomic mass is 35.5. The summed E-state index contributed by atoms with van der Waals surface area (Å²) >= 11 is 0. The monoisotopic (exact) mass is 267 g/mol. The normalized spacial score (nSPS) is 12.2. The number of hydrogen-bond acceptors (Lipinski definition) is 3. The lowest BCUT2D eigenvalue weighted by molar-refractivity contribution is 0.0396. The van der Waals surface area contributed by atoms with Crippen LogP contribution < -0.4 is 5.73 Å². The van der Waals surface area contributed by atoms with E-state index < -0.39 is 6.10 Å². The highest BCUT2D eigenvalue weighted by Crippen LogP contribution is 2.08. The molecule has 0 amide bonds. The molecule has 0 aliphatic rings. The van der Waals surface area contributed by atoms with Gasteiger partial charge in [-0.3, -0.25) is 0 Å². The number of aliphatic hydroxyl groups is 1. The molecule has 0 bridgehead atoms. The summed E-state index contributed by atoms with van der Waals surface area (Å²) in [5.74, 6) is 0. The van der Waals surface area contributed by atoms with Crippen LogP contribution in [0.5, 0.6) is 0 Å². The van der Waals surface area contributed by atoms with Gasteiger partial charge in [-0.15, -0.1) is 12.4 Å². The molecule has 0 heterocycles. The van der Waals surface area contributed by atoms with E-state index in [2.05, 4.69) is 6.92 Å². The van der Waals surface area contributed by atoms with Crippen LogP contribution in [-0.4, -0.2) is 31.0 Å². The lowest BCUT2D eigenvalue weighted by Crippen LogP contribution is -2.25. The summed E-state index contributed by atoms with van der Waals surface area (Å²) in [5.41, 5.74) is 5.26. The number of halogens is 1. The van der Waals surface area contributed by atoms with E-state index in [-0.39, 0.29) is 19.0 Å². The highest BCUT2D eigenvalue weighted by molar-refractivity contribution is 5.85. The molecular formula is C13H30ClNO2. The molecule has 17 heavy (non-hydrogen) atoms. The topological polar surface area (TPSA) is 55.5 Å². The van der Waals surface area contributed by atoms with Crippen molar-refractivity contribution in [3.63, 3.8) is 0 Å². The van der Waals surface area contributed by atoms with Gasteiger partial charge < -0.3 is 15.6 Å². The van der Waals surface area contributed by atoms with Gasteiger partial charge in [-0.25, -0.2) is 0 Å². The zero-order chi connectivity index (χ0) is 12.1. The molecule has 0 saturated carbocycles. The van der Waals surface area contributed by atoms with Crippen molar-refractivity contribution < 1.29 is 9.84 Å². The van der Waals surface area contributed by atoms with E-state index in [4.69, 9.17) is 15.6 Å². The van der Waals surface area contributed by atoms with Gasteiger partial charge in [-0.05, 0) is 6.42 Å². The smallest absolute Gasteiger partial charge is 0.0895 e. The van der Waals surface area contributed by atoms with Gasteiger partial charge in [0.1, 0.15) is 0 Å². The lowest BCUT2D eigenvalue weighted by Gasteiger charge is -2.08. The van der Waals surface area contributed by atoms with Crippen molar-refractivity contribution in [2.24, 2.45) is 5.73 Å². The number of hydrogen-bond donors (Lipinski definition) is 2. The van der Waals surface area contributed by atoms with Crippen LogP contribution in [0, 0.1) is 0 Å². The minimum Gasteiger partial charge on any atom is -0.389 e. The van der Waals surface area contributed by atoms with Crippen LogP contribution in [-0.2, 0) is 4.74 Å². The second-order valence-electron chi connectivity index (χ2n) is 4.44. The summed E-state index contributed by atoms with van der Waals surface area (Å²) in [5, 5.41) is 9.13. The Morgan fingerprint density at radius 3 is 2.06 bits per heavy atom. The van der Waals surface area contributed by atoms with Gasteiger partial charge in [0.15, 0.2) is 0 Å². The third kappa shape index (κ3) is 16.2. The zero-order valence-corrected chi connectivity index (χ0v) is 12.0. The maximum Gasteiger partial charge on any atom is 0.0895 e. The molecule has 1 atom stereocenters. The average molecular weight is 268 g/mol. The molecular weight excluding hydrogens is 238 g/mol. The van der Waals surface area contributed by atoms with Crippen LogP contribution in [0.3, 0.4) is 0 Å². The summed E-state index contributed by atoms with van der Waals surface area (Å²) < 4.78 is 5.30. The molecule has 106 valence electrons. The largest absolute Gasteiger partial charge is 0.389 e. The van der Waals surface area contributed by atoms with Crippen molar-refractivity contribution in [1.29, 1.82) is 0 Å². The molecule has 0 radical (unpaired) electrons. The van der Waals surface area contributed by atoms with Crippen molar-refractivity contribution in [2.75, 3.05) is 19.8 Å². The summed E-state index contributed by atoms with van der Waals surface area (Å²) in [7, 11) is 0. The SMILES string of the molecule is CCCCCCCCCCOC[C@H](O)CN.Cl. The Bertz CT molecular complexity index is 137. The Kier molecular flexibility index (Phi) is 18.6. The Morgan fingerprint density at radius 1 is 1.00 bits per heavy atom. The summed E-state index contributed by atoms with van der Waals surface area (Å²) in [6, 6.07) is 0. The van der Waals surface area contributed by atoms with E-state index in [1.165, 1.54) is 44.9 Å². The first-order valence-electron chi connectivity index (χ1n) is 6.77. The predicted octanol–water partition coefficient (Wildman–Crippen LogP) is 2.89. The minimum absolute atomic E-state index is 0. The quantitative estimate of drug-likeness (QED) is 0.535. The number of aliphatic hydroxyl groups excluding tert-OH is 1. The van der Waals surface area contributed by atoms with Crippen molar-refractivity contribution in [3.8, 4) is 0 Å². The predicted molar refractivity (Wildman–Crippen MR) is 75.7 cm³/mol. The van der Waals surface area contributed by atoms with Crippen molar-refractivity contribution in [2.45, 2.75) is 64.4 Å². The van der Waals surface area contributed by atoms with E-state index in [0.29, 0.717) is 6.61 Å². The summed E-state index contributed by atoms with van der Waals surface area (Å²) in [6.07, 6.45) is 9.97. The fourth-order valence-electron chi connectivity index (χ4n) is 1.63. The first-order chi connectivity index (χ1) is 7.81. The summed E-state index contributed by atoms with van der Waals surface area (Å²) in [6.45, 7) is 3.67. The Hall–Kier alpha value is 0.170. The molecule has 0 rings (SSSR count). The highest BCUT2D eigenvalue weighted by Gasteiger charge is 1.99. The number of unbranched alkanes of at least 4 members (excludes halogenated alkanes) is 7. The Labute approximate surface area is 113 Å². The molecule has 0 spiro atoms. The second-order valence-corrected chi connectivity index (χ2v) is 4.44. The zero-order valence-electron chi connectivity index (χ0n) is 11.2. The minimum atomic E-state index is -0.492. The van der Waals surface area contributed by atoms with Crippen LogP contribution >= 0.6 is 12.4 Å². The summed E-state index contributed by atoms with van der Waals surface area (Å²) in [4.78, 5) is 0. The van der Waals surface area contributed by atoms with Crippen LogP contribution in [0.4, 0.5) is 0 Å². The molecule has 0 unspecified atom stereocenters. The maximum atomic E-state index is 9.13. The molecule has 0 aliphatic carbocycles. The molecule has 0 aliphatic heterocycles. The Balaban J connectivity index is 0. The lowest BCUT2D eigenvalue weighted by atomic mass is 10.1. The van der Waals surface area contributed by atoms with E-state index in [1.54, 1.807) is 0 Å². The van der Waals surface area contributed by atoms with Gasteiger partial charge in [0.05, 0.1) is 12.7 Å². The van der Waals surface area contributed by atoms with E-state index in [1.807, 2.05) is 0 Å².